The highest BCUT2D eigenvalue weighted by Gasteiger charge is 2.64. The maximum atomic E-state index is 5.76. The molecule has 3 nitrogen and oxygen atoms in total. The summed E-state index contributed by atoms with van der Waals surface area (Å²) >= 11 is 0. The summed E-state index contributed by atoms with van der Waals surface area (Å²) < 4.78 is 5.36. The Labute approximate surface area is 110 Å². The molecule has 0 radical (unpaired) electrons. The molecule has 3 heteroatoms. The van der Waals surface area contributed by atoms with Gasteiger partial charge in [0.1, 0.15) is 5.75 Å². The quantitative estimate of drug-likeness (QED) is 0.805. The molecule has 1 fully saturated rings. The molecule has 0 amide bonds. The number of anilines is 1. The second-order valence-corrected chi connectivity index (χ2v) is 6.33. The van der Waals surface area contributed by atoms with Crippen LogP contribution >= 0.6 is 0 Å². The lowest BCUT2D eigenvalue weighted by molar-refractivity contribution is 0.406. The molecule has 1 aliphatic carbocycles. The summed E-state index contributed by atoms with van der Waals surface area (Å²) in [7, 11) is 1.68. The highest BCUT2D eigenvalue weighted by molar-refractivity contribution is 5.48. The molecule has 0 spiro atoms. The summed E-state index contributed by atoms with van der Waals surface area (Å²) in [6.45, 7) is 10.1. The van der Waals surface area contributed by atoms with E-state index < -0.39 is 0 Å². The molecule has 0 bridgehead atoms. The number of nitrogens with two attached hydrogens (primary N) is 1. The number of benzene rings is 1. The Balaban J connectivity index is 2.04. The third-order valence-corrected chi connectivity index (χ3v) is 4.83. The second kappa shape index (κ2) is 4.16. The van der Waals surface area contributed by atoms with Gasteiger partial charge in [0.05, 0.1) is 7.11 Å². The fourth-order valence-corrected chi connectivity index (χ4v) is 2.83. The van der Waals surface area contributed by atoms with Crippen LogP contribution in [0.1, 0.15) is 33.3 Å². The first kappa shape index (κ1) is 13.2. The van der Waals surface area contributed by atoms with Crippen LogP contribution in [0.4, 0.5) is 5.69 Å². The van der Waals surface area contributed by atoms with Gasteiger partial charge in [-0.05, 0) is 16.9 Å². The van der Waals surface area contributed by atoms with Gasteiger partial charge in [-0.3, -0.25) is 0 Å². The van der Waals surface area contributed by atoms with Crippen molar-refractivity contribution in [3.05, 3.63) is 23.8 Å². The van der Waals surface area contributed by atoms with Crippen LogP contribution in [-0.2, 0) is 6.54 Å². The van der Waals surface area contributed by atoms with Crippen molar-refractivity contribution in [2.75, 3.05) is 12.8 Å². The predicted molar refractivity (Wildman–Crippen MR) is 75.6 cm³/mol. The summed E-state index contributed by atoms with van der Waals surface area (Å²) in [5, 5.41) is 3.63. The average molecular weight is 248 g/mol. The monoisotopic (exact) mass is 248 g/mol. The van der Waals surface area contributed by atoms with Gasteiger partial charge in [-0.1, -0.05) is 33.8 Å². The van der Waals surface area contributed by atoms with E-state index in [2.05, 4.69) is 33.0 Å². The topological polar surface area (TPSA) is 47.3 Å². The zero-order valence-corrected chi connectivity index (χ0v) is 12.0. The minimum absolute atomic E-state index is 0.355. The smallest absolute Gasteiger partial charge is 0.125 e. The highest BCUT2D eigenvalue weighted by Crippen LogP contribution is 2.62. The van der Waals surface area contributed by atoms with Gasteiger partial charge < -0.3 is 15.8 Å². The number of methoxy groups -OCH3 is 1. The molecular formula is C15H24N2O. The van der Waals surface area contributed by atoms with Gasteiger partial charge in [0.25, 0.3) is 0 Å². The standard InChI is InChI=1S/C15H24N2O/c1-14(2)13(15(14,3)4)17-9-10-6-7-11(16)8-12(10)18-5/h6-8,13,17H,9,16H2,1-5H3. The second-order valence-electron chi connectivity index (χ2n) is 6.33. The van der Waals surface area contributed by atoms with Crippen molar-refractivity contribution in [2.24, 2.45) is 10.8 Å². The van der Waals surface area contributed by atoms with Gasteiger partial charge in [0.15, 0.2) is 0 Å². The third kappa shape index (κ3) is 1.97. The molecule has 1 aliphatic rings. The van der Waals surface area contributed by atoms with Gasteiger partial charge in [0, 0.05) is 29.9 Å². The summed E-state index contributed by atoms with van der Waals surface area (Å²) in [6.07, 6.45) is 0. The van der Waals surface area contributed by atoms with Crippen molar-refractivity contribution < 1.29 is 4.74 Å². The molecule has 0 atom stereocenters. The van der Waals surface area contributed by atoms with Crippen LogP contribution < -0.4 is 15.8 Å². The Morgan fingerprint density at radius 1 is 1.22 bits per heavy atom. The SMILES string of the molecule is COc1cc(N)ccc1CNC1C(C)(C)C1(C)C. The Bertz CT molecular complexity index is 438. The molecule has 2 rings (SSSR count). The number of nitrogen functional groups attached to an aromatic ring is 1. The van der Waals surface area contributed by atoms with E-state index in [1.54, 1.807) is 7.11 Å². The van der Waals surface area contributed by atoms with Crippen LogP contribution in [-0.4, -0.2) is 13.2 Å². The van der Waals surface area contributed by atoms with Crippen LogP contribution in [0.5, 0.6) is 5.75 Å². The van der Waals surface area contributed by atoms with E-state index in [1.165, 1.54) is 0 Å². The number of rotatable bonds is 4. The average Bonchev–Trinajstić information content (AvgIpc) is 2.68. The normalized spacial score (nSPS) is 20.7. The van der Waals surface area contributed by atoms with Crippen molar-refractivity contribution in [3.8, 4) is 5.75 Å². The van der Waals surface area contributed by atoms with Gasteiger partial charge in [-0.15, -0.1) is 0 Å². The minimum atomic E-state index is 0.355. The third-order valence-electron chi connectivity index (χ3n) is 4.83. The highest BCUT2D eigenvalue weighted by atomic mass is 16.5. The number of ether oxygens (including phenoxy) is 1. The zero-order valence-electron chi connectivity index (χ0n) is 12.0. The first-order valence-electron chi connectivity index (χ1n) is 6.46. The molecule has 0 heterocycles. The fraction of sp³-hybridized carbons (Fsp3) is 0.600. The van der Waals surface area contributed by atoms with Crippen LogP contribution in [0, 0.1) is 10.8 Å². The van der Waals surface area contributed by atoms with Crippen LogP contribution in [0.15, 0.2) is 18.2 Å². The summed E-state index contributed by atoms with van der Waals surface area (Å²) in [5.41, 5.74) is 8.36. The van der Waals surface area contributed by atoms with Gasteiger partial charge >= 0.3 is 0 Å². The van der Waals surface area contributed by atoms with Crippen molar-refractivity contribution in [1.29, 1.82) is 0 Å². The van der Waals surface area contributed by atoms with Crippen LogP contribution in [0.3, 0.4) is 0 Å². The Morgan fingerprint density at radius 2 is 1.83 bits per heavy atom. The summed E-state index contributed by atoms with van der Waals surface area (Å²) in [4.78, 5) is 0. The number of hydrogen-bond donors (Lipinski definition) is 2. The molecule has 100 valence electrons. The van der Waals surface area contributed by atoms with Crippen LogP contribution in [0.2, 0.25) is 0 Å². The van der Waals surface area contributed by atoms with E-state index in [9.17, 15) is 0 Å². The predicted octanol–water partition coefficient (Wildman–Crippen LogP) is 2.80. The number of hydrogen-bond acceptors (Lipinski definition) is 3. The van der Waals surface area contributed by atoms with Crippen LogP contribution in [0.25, 0.3) is 0 Å². The van der Waals surface area contributed by atoms with Crippen molar-refractivity contribution in [1.82, 2.24) is 5.32 Å². The Kier molecular flexibility index (Phi) is 3.06. The molecule has 0 aliphatic heterocycles. The van der Waals surface area contributed by atoms with Gasteiger partial charge in [-0.2, -0.15) is 0 Å². The van der Waals surface area contributed by atoms with E-state index in [1.807, 2.05) is 18.2 Å². The molecule has 1 saturated carbocycles. The molecule has 1 aromatic carbocycles. The van der Waals surface area contributed by atoms with Gasteiger partial charge in [0.2, 0.25) is 0 Å². The lowest BCUT2D eigenvalue weighted by Gasteiger charge is -2.11. The first-order valence-corrected chi connectivity index (χ1v) is 6.46. The largest absolute Gasteiger partial charge is 0.496 e. The molecule has 0 aromatic heterocycles. The molecule has 0 unspecified atom stereocenters. The molecular weight excluding hydrogens is 224 g/mol. The summed E-state index contributed by atoms with van der Waals surface area (Å²) in [6, 6.07) is 6.37. The van der Waals surface area contributed by atoms with Crippen molar-refractivity contribution in [3.63, 3.8) is 0 Å². The zero-order chi connectivity index (χ0) is 13.6. The van der Waals surface area contributed by atoms with E-state index >= 15 is 0 Å². The Morgan fingerprint density at radius 3 is 2.33 bits per heavy atom. The lowest BCUT2D eigenvalue weighted by Crippen LogP contribution is -2.22. The fourth-order valence-electron chi connectivity index (χ4n) is 2.83. The molecule has 18 heavy (non-hydrogen) atoms. The molecule has 1 aromatic rings. The lowest BCUT2D eigenvalue weighted by atomic mass is 10.0. The van der Waals surface area contributed by atoms with E-state index in [4.69, 9.17) is 10.5 Å². The minimum Gasteiger partial charge on any atom is -0.496 e. The number of nitrogens with one attached hydrogen (secondary N) is 1. The molecule has 0 saturated heterocycles. The van der Waals surface area contributed by atoms with Crippen molar-refractivity contribution >= 4 is 5.69 Å². The van der Waals surface area contributed by atoms with Crippen molar-refractivity contribution in [2.45, 2.75) is 40.3 Å². The maximum Gasteiger partial charge on any atom is 0.125 e. The van der Waals surface area contributed by atoms with E-state index in [0.717, 1.165) is 23.5 Å². The summed E-state index contributed by atoms with van der Waals surface area (Å²) in [5.74, 6) is 0.860. The van der Waals surface area contributed by atoms with Gasteiger partial charge in [-0.25, -0.2) is 0 Å². The van der Waals surface area contributed by atoms with E-state index in [0.29, 0.717) is 16.9 Å². The molecule has 3 N–H and O–H groups in total. The van der Waals surface area contributed by atoms with E-state index in [-0.39, 0.29) is 0 Å². The first-order chi connectivity index (χ1) is 8.30. The Hall–Kier alpha value is -1.22. The maximum absolute atomic E-state index is 5.76.